The molecule has 11 radical (unpaired) electrons. The molecule has 1 aromatic rings. The summed E-state index contributed by atoms with van der Waals surface area (Å²) in [4.78, 5) is 0. The maximum atomic E-state index is 10.2. The Morgan fingerprint density at radius 1 is 0.778 bits per heavy atom. The molecule has 3 rings (SSSR count). The molecule has 0 aliphatic heterocycles. The van der Waals surface area contributed by atoms with E-state index < -0.39 is 6.10 Å². The number of rotatable bonds is 6. The van der Waals surface area contributed by atoms with Crippen LogP contribution in [-0.2, 0) is 26.2 Å². The van der Waals surface area contributed by atoms with Crippen molar-refractivity contribution in [2.24, 2.45) is 0 Å². The van der Waals surface area contributed by atoms with Crippen molar-refractivity contribution in [3.63, 3.8) is 0 Å². The monoisotopic (exact) mass is 437 g/mol. The molecule has 2 aliphatic carbocycles. The van der Waals surface area contributed by atoms with Gasteiger partial charge in [0.25, 0.3) is 0 Å². The van der Waals surface area contributed by atoms with E-state index in [1.165, 1.54) is 0 Å². The van der Waals surface area contributed by atoms with Gasteiger partial charge in [0.2, 0.25) is 0 Å². The Kier molecular flexibility index (Phi) is 19.0. The third-order valence-corrected chi connectivity index (χ3v) is 3.68. The minimum atomic E-state index is -0.479. The summed E-state index contributed by atoms with van der Waals surface area (Å²) in [5.41, 5.74) is 2.00. The first kappa shape index (κ1) is 26.8. The molecule has 1 nitrogen and oxygen atoms in total. The van der Waals surface area contributed by atoms with Crippen LogP contribution in [0.25, 0.3) is 0 Å². The molecule has 0 aromatic heterocycles. The second-order valence-electron chi connectivity index (χ2n) is 5.94. The van der Waals surface area contributed by atoms with E-state index in [1.54, 1.807) is 0 Å². The molecule has 2 aliphatic rings. The zero-order valence-corrected chi connectivity index (χ0v) is 19.0. The second kappa shape index (κ2) is 19.1. The van der Waals surface area contributed by atoms with Crippen LogP contribution in [0.2, 0.25) is 0 Å². The van der Waals surface area contributed by atoms with E-state index in [4.69, 9.17) is 0 Å². The maximum Gasteiger partial charge on any atom is 3.00 e. The predicted molar refractivity (Wildman–Crippen MR) is 111 cm³/mol. The van der Waals surface area contributed by atoms with E-state index in [2.05, 4.69) is 19.9 Å². The number of aliphatic hydroxyl groups is 1. The minimum absolute atomic E-state index is 0. The Morgan fingerprint density at radius 3 is 1.59 bits per heavy atom. The number of allylic oxidation sites excluding steroid dienone is 1. The van der Waals surface area contributed by atoms with Gasteiger partial charge in [-0.3, -0.25) is 0 Å². The van der Waals surface area contributed by atoms with E-state index in [-0.39, 0.29) is 26.2 Å². The van der Waals surface area contributed by atoms with E-state index in [9.17, 15) is 5.11 Å². The molecule has 27 heavy (non-hydrogen) atoms. The van der Waals surface area contributed by atoms with Gasteiger partial charge in [0, 0.05) is 0 Å². The SMILES string of the molecule is CCC[C-]=C(CCC)C(O)c1ccccc1.[CH]1[CH][CH][CH][CH]1.[CH]1[CH][CH][CH][CH]1.[Zr+3]. The quantitative estimate of drug-likeness (QED) is 0.533. The molecular formula is C25H31OZr+2. The first-order valence-corrected chi connectivity index (χ1v) is 9.45. The van der Waals surface area contributed by atoms with E-state index >= 15 is 0 Å². The van der Waals surface area contributed by atoms with Crippen LogP contribution < -0.4 is 0 Å². The van der Waals surface area contributed by atoms with Crippen LogP contribution in [0.15, 0.2) is 35.9 Å². The van der Waals surface area contributed by atoms with Gasteiger partial charge in [-0.1, -0.05) is 63.4 Å². The van der Waals surface area contributed by atoms with Crippen molar-refractivity contribution >= 4 is 0 Å². The van der Waals surface area contributed by atoms with E-state index in [1.807, 2.05) is 94.5 Å². The summed E-state index contributed by atoms with van der Waals surface area (Å²) in [7, 11) is 0. The van der Waals surface area contributed by atoms with Crippen LogP contribution in [-0.4, -0.2) is 5.11 Å². The molecule has 0 saturated heterocycles. The third-order valence-electron chi connectivity index (χ3n) is 3.68. The fraction of sp³-hybridized carbons (Fsp3) is 0.280. The number of hydrogen-bond donors (Lipinski definition) is 1. The Balaban J connectivity index is 0.000000496. The smallest absolute Gasteiger partial charge is 0.494 e. The first-order chi connectivity index (χ1) is 12.8. The van der Waals surface area contributed by atoms with Gasteiger partial charge in [0.15, 0.2) is 0 Å². The zero-order chi connectivity index (χ0) is 18.9. The van der Waals surface area contributed by atoms with Crippen LogP contribution in [0.4, 0.5) is 0 Å². The average molecular weight is 439 g/mol. The van der Waals surface area contributed by atoms with E-state index in [0.717, 1.165) is 36.8 Å². The molecule has 1 N–H and O–H groups in total. The second-order valence-corrected chi connectivity index (χ2v) is 5.94. The zero-order valence-electron chi connectivity index (χ0n) is 16.5. The van der Waals surface area contributed by atoms with E-state index in [0.29, 0.717) is 0 Å². The molecule has 2 heteroatoms. The van der Waals surface area contributed by atoms with Crippen LogP contribution in [0.5, 0.6) is 0 Å². The van der Waals surface area contributed by atoms with Crippen LogP contribution >= 0.6 is 0 Å². The molecule has 1 unspecified atom stereocenters. The molecule has 0 amide bonds. The van der Waals surface area contributed by atoms with Gasteiger partial charge < -0.3 is 11.2 Å². The van der Waals surface area contributed by atoms with Crippen molar-refractivity contribution in [1.82, 2.24) is 0 Å². The van der Waals surface area contributed by atoms with Crippen molar-refractivity contribution in [1.29, 1.82) is 0 Å². The minimum Gasteiger partial charge on any atom is -0.494 e. The Labute approximate surface area is 188 Å². The molecule has 0 heterocycles. The van der Waals surface area contributed by atoms with Gasteiger partial charge in [-0.05, 0) is 69.8 Å². The Bertz CT molecular complexity index is 421. The summed E-state index contributed by atoms with van der Waals surface area (Å²) in [5, 5.41) is 10.2. The molecule has 1 atom stereocenters. The molecule has 2 fully saturated rings. The number of benzene rings is 1. The summed E-state index contributed by atoms with van der Waals surface area (Å²) in [6, 6.07) is 9.82. The molecule has 0 bridgehead atoms. The summed E-state index contributed by atoms with van der Waals surface area (Å²) in [6.07, 6.45) is 26.8. The maximum absolute atomic E-state index is 10.2. The van der Waals surface area contributed by atoms with Gasteiger partial charge in [-0.25, -0.2) is 5.57 Å². The average Bonchev–Trinajstić information content (AvgIpc) is 3.44. The summed E-state index contributed by atoms with van der Waals surface area (Å²) >= 11 is 0. The number of aliphatic hydroxyl groups excluding tert-OH is 1. The number of hydrogen-bond acceptors (Lipinski definition) is 1. The standard InChI is InChI=1S/C15H21O.2C5H5.Zr/c1-3-5-10-13(9-4-2)15(16)14-11-7-6-8-12-14;2*1-2-4-5-3-1;/h6-8,11-12,15-16H,3-5,9H2,1-2H3;2*1-5H;/q-1;;;+3. The largest absolute Gasteiger partial charge is 3.00 e. The third kappa shape index (κ3) is 13.6. The predicted octanol–water partition coefficient (Wildman–Crippen LogP) is 6.09. The van der Waals surface area contributed by atoms with Crippen molar-refractivity contribution in [2.75, 3.05) is 0 Å². The van der Waals surface area contributed by atoms with Crippen molar-refractivity contribution < 1.29 is 31.3 Å². The summed E-state index contributed by atoms with van der Waals surface area (Å²) in [6.45, 7) is 4.26. The molecule has 139 valence electrons. The van der Waals surface area contributed by atoms with Crippen molar-refractivity contribution in [2.45, 2.75) is 45.6 Å². The molecule has 1 aromatic carbocycles. The van der Waals surface area contributed by atoms with Gasteiger partial charge in [-0.15, -0.1) is 0 Å². The van der Waals surface area contributed by atoms with Crippen LogP contribution in [0, 0.1) is 70.3 Å². The molecule has 0 spiro atoms. The van der Waals surface area contributed by atoms with Gasteiger partial charge >= 0.3 is 26.2 Å². The first-order valence-electron chi connectivity index (χ1n) is 9.45. The van der Waals surface area contributed by atoms with Crippen molar-refractivity contribution in [3.8, 4) is 0 Å². The van der Waals surface area contributed by atoms with Gasteiger partial charge in [-0.2, -0.15) is 6.42 Å². The van der Waals surface area contributed by atoms with Crippen LogP contribution in [0.3, 0.4) is 0 Å². The normalized spacial score (nSPS) is 17.1. The fourth-order valence-corrected chi connectivity index (χ4v) is 2.35. The van der Waals surface area contributed by atoms with Gasteiger partial charge in [0.1, 0.15) is 0 Å². The number of unbranched alkanes of at least 4 members (excludes halogenated alkanes) is 1. The summed E-state index contributed by atoms with van der Waals surface area (Å²) < 4.78 is 0. The van der Waals surface area contributed by atoms with Gasteiger partial charge in [0.05, 0.1) is 6.10 Å². The summed E-state index contributed by atoms with van der Waals surface area (Å²) in [5.74, 6) is 0. The van der Waals surface area contributed by atoms with Crippen LogP contribution in [0.1, 0.15) is 51.2 Å². The van der Waals surface area contributed by atoms with Crippen molar-refractivity contribution in [3.05, 3.63) is 112 Å². The Morgan fingerprint density at radius 2 is 1.22 bits per heavy atom. The fourth-order valence-electron chi connectivity index (χ4n) is 2.35. The molecule has 2 saturated carbocycles. The molecular weight excluding hydrogens is 407 g/mol. The topological polar surface area (TPSA) is 20.2 Å². The Hall–Kier alpha value is -0.197.